The highest BCUT2D eigenvalue weighted by atomic mass is 16.4. The molecule has 4 unspecified atom stereocenters. The third kappa shape index (κ3) is 3.07. The molecule has 0 aromatic heterocycles. The number of fused-ring (bicyclic) bond motifs is 5. The van der Waals surface area contributed by atoms with Crippen molar-refractivity contribution in [3.63, 3.8) is 0 Å². The minimum atomic E-state index is -0.117. The van der Waals surface area contributed by atoms with Gasteiger partial charge in [-0.05, 0) is 93.4 Å². The van der Waals surface area contributed by atoms with Gasteiger partial charge in [0.2, 0.25) is 0 Å². The summed E-state index contributed by atoms with van der Waals surface area (Å²) in [7, 11) is 0. The predicted molar refractivity (Wildman–Crippen MR) is 112 cm³/mol. The van der Waals surface area contributed by atoms with Crippen LogP contribution < -0.4 is 5.73 Å². The van der Waals surface area contributed by atoms with E-state index < -0.39 is 0 Å². The van der Waals surface area contributed by atoms with Gasteiger partial charge < -0.3 is 10.9 Å². The van der Waals surface area contributed by atoms with Gasteiger partial charge in [0.15, 0.2) is 0 Å². The lowest BCUT2D eigenvalue weighted by atomic mass is 9.44. The molecule has 4 rings (SSSR count). The highest BCUT2D eigenvalue weighted by Gasteiger charge is 2.61. The van der Waals surface area contributed by atoms with Crippen molar-refractivity contribution >= 4 is 11.5 Å². The maximum Gasteiger partial charge on any atom is 0.139 e. The van der Waals surface area contributed by atoms with Crippen LogP contribution in [0.2, 0.25) is 0 Å². The molecule has 0 heterocycles. The van der Waals surface area contributed by atoms with Crippen molar-refractivity contribution < 1.29 is 10.0 Å². The van der Waals surface area contributed by atoms with E-state index in [9.17, 15) is 10.0 Å². The van der Waals surface area contributed by atoms with E-state index in [0.29, 0.717) is 35.4 Å². The van der Waals surface area contributed by atoms with E-state index >= 15 is 0 Å². The number of unbranched alkanes of at least 4 members (excludes halogenated alkanes) is 1. The number of allylic oxidation sites excluding steroid dienone is 2. The quantitative estimate of drug-likeness (QED) is 0.311. The van der Waals surface area contributed by atoms with Crippen LogP contribution in [0, 0.1) is 40.4 Å². The fourth-order valence-electron chi connectivity index (χ4n) is 7.68. The largest absolute Gasteiger partial charge is 0.411 e. The van der Waals surface area contributed by atoms with Crippen LogP contribution in [0.5, 0.6) is 0 Å². The average Bonchev–Trinajstić information content (AvgIpc) is 3.00. The Kier molecular flexibility index (Phi) is 5.45. The summed E-state index contributed by atoms with van der Waals surface area (Å²) in [4.78, 5) is 12.6. The van der Waals surface area contributed by atoms with E-state index in [1.165, 1.54) is 19.3 Å². The summed E-state index contributed by atoms with van der Waals surface area (Å²) in [5.41, 5.74) is 6.73. The molecular weight excluding hydrogens is 348 g/mol. The third-order valence-corrected chi connectivity index (χ3v) is 9.34. The lowest BCUT2D eigenvalue weighted by molar-refractivity contribution is -0.134. The molecule has 4 heteroatoms. The Morgan fingerprint density at radius 3 is 2.79 bits per heavy atom. The first-order valence-corrected chi connectivity index (χ1v) is 11.5. The maximum atomic E-state index is 12.6. The van der Waals surface area contributed by atoms with Crippen LogP contribution in [-0.2, 0) is 4.79 Å². The molecule has 0 bridgehead atoms. The molecule has 0 aromatic carbocycles. The van der Waals surface area contributed by atoms with Gasteiger partial charge in [0.1, 0.15) is 5.78 Å². The standard InChI is InChI=1S/C24H38N2O2/c1-23-11-9-16(6-4-3-5-13-25)14-20(23)21(26-28)15-17-18-7-8-22(27)24(18,2)12-10-19(17)23/h4,6,16-20,28H,3,5,7-15,25H2,1-2H3/b6-4+,26-21-/t16?,17?,18?,19?,20-,23-,24+/m1/s1. The number of hydrogen-bond acceptors (Lipinski definition) is 4. The van der Waals surface area contributed by atoms with Crippen molar-refractivity contribution in [2.24, 2.45) is 51.3 Å². The molecule has 0 saturated heterocycles. The fourth-order valence-corrected chi connectivity index (χ4v) is 7.68. The Labute approximate surface area is 170 Å². The highest BCUT2D eigenvalue weighted by molar-refractivity contribution is 5.90. The first-order chi connectivity index (χ1) is 13.4. The van der Waals surface area contributed by atoms with E-state index in [4.69, 9.17) is 5.73 Å². The van der Waals surface area contributed by atoms with Crippen molar-refractivity contribution in [2.45, 2.75) is 78.1 Å². The molecule has 3 N–H and O–H groups in total. The summed E-state index contributed by atoms with van der Waals surface area (Å²) in [6.45, 7) is 5.44. The lowest BCUT2D eigenvalue weighted by Crippen LogP contribution is -2.56. The average molecular weight is 387 g/mol. The van der Waals surface area contributed by atoms with Crippen LogP contribution in [0.1, 0.15) is 78.1 Å². The van der Waals surface area contributed by atoms with Crippen molar-refractivity contribution in [1.29, 1.82) is 0 Å². The van der Waals surface area contributed by atoms with Crippen LogP contribution >= 0.6 is 0 Å². The molecule has 7 atom stereocenters. The summed E-state index contributed by atoms with van der Waals surface area (Å²) in [5, 5.41) is 13.8. The summed E-state index contributed by atoms with van der Waals surface area (Å²) in [5.74, 6) is 3.14. The zero-order valence-electron chi connectivity index (χ0n) is 17.7. The van der Waals surface area contributed by atoms with Gasteiger partial charge in [0.05, 0.1) is 5.71 Å². The van der Waals surface area contributed by atoms with Gasteiger partial charge >= 0.3 is 0 Å². The van der Waals surface area contributed by atoms with Gasteiger partial charge in [0, 0.05) is 17.8 Å². The van der Waals surface area contributed by atoms with Crippen LogP contribution in [-0.4, -0.2) is 23.2 Å². The minimum absolute atomic E-state index is 0.117. The van der Waals surface area contributed by atoms with E-state index in [2.05, 4.69) is 31.2 Å². The Balaban J connectivity index is 1.56. The van der Waals surface area contributed by atoms with Crippen LogP contribution in [0.25, 0.3) is 0 Å². The number of ketones is 1. The summed E-state index contributed by atoms with van der Waals surface area (Å²) in [6, 6.07) is 0. The number of hydrogen-bond donors (Lipinski definition) is 2. The van der Waals surface area contributed by atoms with E-state index in [0.717, 1.165) is 57.2 Å². The molecule has 4 fully saturated rings. The van der Waals surface area contributed by atoms with Gasteiger partial charge in [-0.25, -0.2) is 0 Å². The molecule has 0 aromatic rings. The SMILES string of the molecule is C[C@]12CCC3C(C/C(=N/O)[C@H]4CC(/C=C/CCCN)CC[C@]34C)C1CCC2=O. The zero-order valence-corrected chi connectivity index (χ0v) is 17.7. The van der Waals surface area contributed by atoms with Gasteiger partial charge in [-0.3, -0.25) is 4.79 Å². The summed E-state index contributed by atoms with van der Waals surface area (Å²) in [6.07, 6.45) is 15.3. The Morgan fingerprint density at radius 2 is 2.04 bits per heavy atom. The first kappa shape index (κ1) is 20.1. The smallest absolute Gasteiger partial charge is 0.139 e. The minimum Gasteiger partial charge on any atom is -0.411 e. The van der Waals surface area contributed by atoms with Crippen molar-refractivity contribution in [2.75, 3.05) is 6.54 Å². The fraction of sp³-hybridized carbons (Fsp3) is 0.833. The molecular formula is C24H38N2O2. The molecule has 0 radical (unpaired) electrons. The second-order valence-corrected chi connectivity index (χ2v) is 10.5. The third-order valence-electron chi connectivity index (χ3n) is 9.34. The van der Waals surface area contributed by atoms with E-state index in [1.807, 2.05) is 0 Å². The molecule has 4 aliphatic rings. The second kappa shape index (κ2) is 7.59. The van der Waals surface area contributed by atoms with E-state index in [-0.39, 0.29) is 10.8 Å². The molecule has 4 nitrogen and oxygen atoms in total. The molecule has 0 spiro atoms. The number of nitrogens with two attached hydrogens (primary N) is 1. The van der Waals surface area contributed by atoms with Crippen molar-refractivity contribution in [3.05, 3.63) is 12.2 Å². The van der Waals surface area contributed by atoms with Gasteiger partial charge in [-0.1, -0.05) is 31.2 Å². The first-order valence-electron chi connectivity index (χ1n) is 11.5. The molecule has 156 valence electrons. The van der Waals surface area contributed by atoms with E-state index in [1.54, 1.807) is 0 Å². The number of carbonyl (C=O) groups is 1. The molecule has 0 aliphatic heterocycles. The monoisotopic (exact) mass is 386 g/mol. The number of nitrogens with zero attached hydrogens (tertiary/aromatic N) is 1. The van der Waals surface area contributed by atoms with Crippen LogP contribution in [0.15, 0.2) is 17.3 Å². The number of oxime groups is 1. The predicted octanol–water partition coefficient (Wildman–Crippen LogP) is 4.95. The van der Waals surface area contributed by atoms with Crippen LogP contribution in [0.3, 0.4) is 0 Å². The summed E-state index contributed by atoms with van der Waals surface area (Å²) >= 11 is 0. The number of Topliss-reactive ketones (excluding diaryl/α,β-unsaturated/α-hetero) is 1. The molecule has 0 amide bonds. The van der Waals surface area contributed by atoms with Gasteiger partial charge in [-0.2, -0.15) is 0 Å². The topological polar surface area (TPSA) is 75.7 Å². The van der Waals surface area contributed by atoms with Gasteiger partial charge in [0.25, 0.3) is 0 Å². The van der Waals surface area contributed by atoms with Crippen molar-refractivity contribution in [1.82, 2.24) is 0 Å². The molecule has 4 saturated carbocycles. The Bertz CT molecular complexity index is 672. The highest BCUT2D eigenvalue weighted by Crippen LogP contribution is 2.65. The molecule has 28 heavy (non-hydrogen) atoms. The number of carbonyl (C=O) groups excluding carboxylic acids is 1. The normalized spacial score (nSPS) is 47.2. The van der Waals surface area contributed by atoms with Crippen LogP contribution in [0.4, 0.5) is 0 Å². The maximum absolute atomic E-state index is 12.6. The Hall–Kier alpha value is -1.16. The lowest BCUT2D eigenvalue weighted by Gasteiger charge is -2.60. The zero-order chi connectivity index (χ0) is 19.9. The number of rotatable bonds is 4. The van der Waals surface area contributed by atoms with Gasteiger partial charge in [-0.15, -0.1) is 0 Å². The molecule has 4 aliphatic carbocycles. The second-order valence-electron chi connectivity index (χ2n) is 10.5. The Morgan fingerprint density at radius 1 is 1.21 bits per heavy atom. The summed E-state index contributed by atoms with van der Waals surface area (Å²) < 4.78 is 0. The van der Waals surface area contributed by atoms with Crippen molar-refractivity contribution in [3.8, 4) is 0 Å².